The number of nitrogens with zero attached hydrogens (tertiary/aromatic N) is 4. The Bertz CT molecular complexity index is 974. The molecule has 30 heavy (non-hydrogen) atoms. The summed E-state index contributed by atoms with van der Waals surface area (Å²) in [6.07, 6.45) is 5.29. The maximum Gasteiger partial charge on any atom is 0.274 e. The molecule has 1 aliphatic rings. The molecule has 6 nitrogen and oxygen atoms in total. The minimum atomic E-state index is -0.176. The molecule has 3 aromatic rings. The Morgan fingerprint density at radius 2 is 1.60 bits per heavy atom. The van der Waals surface area contributed by atoms with Crippen molar-refractivity contribution in [1.29, 1.82) is 0 Å². The summed E-state index contributed by atoms with van der Waals surface area (Å²) in [6, 6.07) is 20.2. The first-order valence-corrected chi connectivity index (χ1v) is 10.1. The first-order valence-electron chi connectivity index (χ1n) is 10.1. The van der Waals surface area contributed by atoms with Crippen LogP contribution < -0.4 is 0 Å². The van der Waals surface area contributed by atoms with E-state index in [1.165, 1.54) is 24.2 Å². The molecule has 2 amide bonds. The highest BCUT2D eigenvalue weighted by Gasteiger charge is 2.38. The number of rotatable bonds is 7. The Labute approximate surface area is 176 Å². The lowest BCUT2D eigenvalue weighted by atomic mass is 9.97. The van der Waals surface area contributed by atoms with Crippen molar-refractivity contribution < 1.29 is 9.59 Å². The quantitative estimate of drug-likeness (QED) is 0.612. The van der Waals surface area contributed by atoms with E-state index in [0.29, 0.717) is 31.9 Å². The van der Waals surface area contributed by atoms with Gasteiger partial charge < -0.3 is 9.80 Å². The zero-order chi connectivity index (χ0) is 20.8. The van der Waals surface area contributed by atoms with E-state index in [2.05, 4.69) is 22.1 Å². The van der Waals surface area contributed by atoms with Crippen molar-refractivity contribution in [2.24, 2.45) is 5.92 Å². The number of hydrogen-bond acceptors (Lipinski definition) is 4. The summed E-state index contributed by atoms with van der Waals surface area (Å²) < 4.78 is 0. The molecule has 0 bridgehead atoms. The van der Waals surface area contributed by atoms with Gasteiger partial charge in [-0.2, -0.15) is 0 Å². The summed E-state index contributed by atoms with van der Waals surface area (Å²) in [5.41, 5.74) is 2.62. The van der Waals surface area contributed by atoms with E-state index in [1.807, 2.05) is 53.4 Å². The summed E-state index contributed by atoms with van der Waals surface area (Å²) in [6.45, 7) is 2.06. The fourth-order valence-corrected chi connectivity index (χ4v) is 3.61. The van der Waals surface area contributed by atoms with Crippen LogP contribution in [0.4, 0.5) is 0 Å². The topological polar surface area (TPSA) is 66.4 Å². The third kappa shape index (κ3) is 4.71. The molecular formula is C24H24N4O2. The molecular weight excluding hydrogens is 376 g/mol. The van der Waals surface area contributed by atoms with E-state index in [-0.39, 0.29) is 17.7 Å². The number of likely N-dealkylation sites (tertiary alicyclic amines) is 1. The standard InChI is InChI=1S/C24H24N4O2/c29-23(21-17-28(18-21)24(30)22-15-25-12-13-26-22)27(16-20-9-5-2-6-10-20)14-11-19-7-3-1-4-8-19/h1-10,12-13,15,21H,11,14,16-18H2. The van der Waals surface area contributed by atoms with E-state index in [9.17, 15) is 9.59 Å². The van der Waals surface area contributed by atoms with Crippen molar-refractivity contribution >= 4 is 11.8 Å². The second kappa shape index (κ2) is 9.31. The van der Waals surface area contributed by atoms with Crippen molar-refractivity contribution in [1.82, 2.24) is 19.8 Å². The maximum absolute atomic E-state index is 13.2. The average Bonchev–Trinajstić information content (AvgIpc) is 2.77. The van der Waals surface area contributed by atoms with Gasteiger partial charge in [-0.1, -0.05) is 60.7 Å². The molecule has 0 unspecified atom stereocenters. The van der Waals surface area contributed by atoms with Crippen LogP contribution in [0.5, 0.6) is 0 Å². The minimum absolute atomic E-state index is 0.0954. The molecule has 1 aromatic heterocycles. The summed E-state index contributed by atoms with van der Waals surface area (Å²) >= 11 is 0. The van der Waals surface area contributed by atoms with Crippen LogP contribution in [0.1, 0.15) is 21.6 Å². The first kappa shape index (κ1) is 19.8. The highest BCUT2D eigenvalue weighted by atomic mass is 16.2. The van der Waals surface area contributed by atoms with Crippen LogP contribution in [0.2, 0.25) is 0 Å². The van der Waals surface area contributed by atoms with Gasteiger partial charge >= 0.3 is 0 Å². The van der Waals surface area contributed by atoms with Crippen LogP contribution >= 0.6 is 0 Å². The van der Waals surface area contributed by atoms with Gasteiger partial charge in [0, 0.05) is 38.6 Å². The molecule has 0 saturated carbocycles. The number of aromatic nitrogens is 2. The molecule has 1 aliphatic heterocycles. The van der Waals surface area contributed by atoms with Crippen LogP contribution in [0.3, 0.4) is 0 Å². The largest absolute Gasteiger partial charge is 0.338 e. The Kier molecular flexibility index (Phi) is 6.13. The fourth-order valence-electron chi connectivity index (χ4n) is 3.61. The number of carbonyl (C=O) groups is 2. The van der Waals surface area contributed by atoms with E-state index < -0.39 is 0 Å². The summed E-state index contributed by atoms with van der Waals surface area (Å²) in [5, 5.41) is 0. The molecule has 0 aliphatic carbocycles. The number of amides is 2. The molecule has 2 heterocycles. The van der Waals surface area contributed by atoms with Crippen LogP contribution in [0, 0.1) is 5.92 Å². The fraction of sp³-hybridized carbons (Fsp3) is 0.250. The van der Waals surface area contributed by atoms with Crippen molar-refractivity contribution in [3.63, 3.8) is 0 Å². The lowest BCUT2D eigenvalue weighted by molar-refractivity contribution is -0.140. The highest BCUT2D eigenvalue weighted by Crippen LogP contribution is 2.21. The Hall–Kier alpha value is -3.54. The first-order chi connectivity index (χ1) is 14.7. The maximum atomic E-state index is 13.2. The SMILES string of the molecule is O=C(c1cnccn1)N1CC(C(=O)N(CCc2ccccc2)Cc2ccccc2)C1. The van der Waals surface area contributed by atoms with Gasteiger partial charge in [0.15, 0.2) is 0 Å². The average molecular weight is 400 g/mol. The van der Waals surface area contributed by atoms with Crippen LogP contribution in [0.25, 0.3) is 0 Å². The third-order valence-corrected chi connectivity index (χ3v) is 5.34. The predicted molar refractivity (Wildman–Crippen MR) is 113 cm³/mol. The smallest absolute Gasteiger partial charge is 0.274 e. The molecule has 4 rings (SSSR count). The Morgan fingerprint density at radius 3 is 2.23 bits per heavy atom. The van der Waals surface area contributed by atoms with Crippen LogP contribution in [-0.4, -0.2) is 51.2 Å². The second-order valence-electron chi connectivity index (χ2n) is 7.48. The molecule has 2 aromatic carbocycles. The van der Waals surface area contributed by atoms with Gasteiger partial charge in [0.2, 0.25) is 5.91 Å². The zero-order valence-electron chi connectivity index (χ0n) is 16.7. The Balaban J connectivity index is 1.40. The van der Waals surface area contributed by atoms with Gasteiger partial charge in [-0.05, 0) is 17.5 Å². The monoisotopic (exact) mass is 400 g/mol. The van der Waals surface area contributed by atoms with Crippen molar-refractivity contribution in [3.8, 4) is 0 Å². The lowest BCUT2D eigenvalue weighted by Gasteiger charge is -2.40. The van der Waals surface area contributed by atoms with E-state index in [4.69, 9.17) is 0 Å². The van der Waals surface area contributed by atoms with Gasteiger partial charge in [0.1, 0.15) is 5.69 Å². The summed E-state index contributed by atoms with van der Waals surface area (Å²) in [4.78, 5) is 37.3. The van der Waals surface area contributed by atoms with Gasteiger partial charge in [-0.3, -0.25) is 14.6 Å². The summed E-state index contributed by atoms with van der Waals surface area (Å²) in [5.74, 6) is -0.255. The van der Waals surface area contributed by atoms with Gasteiger partial charge in [0.05, 0.1) is 12.1 Å². The molecule has 0 atom stereocenters. The number of benzene rings is 2. The van der Waals surface area contributed by atoms with Gasteiger partial charge in [0.25, 0.3) is 5.91 Å². The van der Waals surface area contributed by atoms with Crippen molar-refractivity contribution in [3.05, 3.63) is 96.1 Å². The molecule has 1 saturated heterocycles. The third-order valence-electron chi connectivity index (χ3n) is 5.34. The highest BCUT2D eigenvalue weighted by molar-refractivity contribution is 5.94. The van der Waals surface area contributed by atoms with Crippen molar-refractivity contribution in [2.45, 2.75) is 13.0 Å². The lowest BCUT2D eigenvalue weighted by Crippen LogP contribution is -2.56. The van der Waals surface area contributed by atoms with E-state index in [1.54, 1.807) is 4.90 Å². The van der Waals surface area contributed by atoms with Crippen LogP contribution in [-0.2, 0) is 17.8 Å². The molecule has 0 spiro atoms. The van der Waals surface area contributed by atoms with E-state index in [0.717, 1.165) is 12.0 Å². The molecule has 152 valence electrons. The normalized spacial score (nSPS) is 13.5. The summed E-state index contributed by atoms with van der Waals surface area (Å²) in [7, 11) is 0. The Morgan fingerprint density at radius 1 is 0.933 bits per heavy atom. The molecule has 1 fully saturated rings. The van der Waals surface area contributed by atoms with E-state index >= 15 is 0 Å². The predicted octanol–water partition coefficient (Wildman–Crippen LogP) is 2.82. The second-order valence-corrected chi connectivity index (χ2v) is 7.48. The molecule has 0 N–H and O–H groups in total. The minimum Gasteiger partial charge on any atom is -0.338 e. The van der Waals surface area contributed by atoms with Gasteiger partial charge in [-0.25, -0.2) is 4.98 Å². The zero-order valence-corrected chi connectivity index (χ0v) is 16.7. The molecule has 6 heteroatoms. The van der Waals surface area contributed by atoms with Crippen LogP contribution in [0.15, 0.2) is 79.3 Å². The number of hydrogen-bond donors (Lipinski definition) is 0. The van der Waals surface area contributed by atoms with Crippen molar-refractivity contribution in [2.75, 3.05) is 19.6 Å². The number of carbonyl (C=O) groups excluding carboxylic acids is 2. The van der Waals surface area contributed by atoms with Gasteiger partial charge in [-0.15, -0.1) is 0 Å². The molecule has 0 radical (unpaired) electrons.